The third kappa shape index (κ3) is 3.67. The van der Waals surface area contributed by atoms with E-state index in [9.17, 15) is 0 Å². The van der Waals surface area contributed by atoms with Crippen LogP contribution in [0.5, 0.6) is 0 Å². The molecule has 0 saturated heterocycles. The van der Waals surface area contributed by atoms with Gasteiger partial charge in [0.15, 0.2) is 0 Å². The Balaban J connectivity index is 1.92. The predicted octanol–water partition coefficient (Wildman–Crippen LogP) is 3.43. The van der Waals surface area contributed by atoms with Gasteiger partial charge < -0.3 is 9.09 Å². The standard InChI is InChI=1S/C25H24N2OSi/c1-21(25-19-12-20-27(25)2)26-28-29(22-13-6-3-7-14-22,23-15-8-4-9-16-23)24-17-10-5-11-18-24/h3-20H,1-2H3. The number of benzene rings is 3. The second kappa shape index (κ2) is 8.33. The SMILES string of the molecule is CC(=NO[Si](c1ccccc1)(c1ccccc1)c1ccccc1)c1cccn1C. The lowest BCUT2D eigenvalue weighted by Gasteiger charge is -2.30. The molecule has 0 atom stereocenters. The molecule has 0 bridgehead atoms. The second-order valence-electron chi connectivity index (χ2n) is 7.05. The van der Waals surface area contributed by atoms with Crippen LogP contribution in [0.25, 0.3) is 0 Å². The largest absolute Gasteiger partial charge is 0.438 e. The van der Waals surface area contributed by atoms with Crippen molar-refractivity contribution in [1.29, 1.82) is 0 Å². The number of aromatic nitrogens is 1. The second-order valence-corrected chi connectivity index (χ2v) is 10.3. The van der Waals surface area contributed by atoms with Crippen LogP contribution in [0.15, 0.2) is 114 Å². The summed E-state index contributed by atoms with van der Waals surface area (Å²) in [6, 6.07) is 35.5. The Morgan fingerprint density at radius 3 is 1.52 bits per heavy atom. The van der Waals surface area contributed by atoms with Gasteiger partial charge in [0, 0.05) is 13.2 Å². The first-order valence-corrected chi connectivity index (χ1v) is 11.6. The molecule has 4 rings (SSSR count). The van der Waals surface area contributed by atoms with Crippen molar-refractivity contribution in [3.05, 3.63) is 115 Å². The average Bonchev–Trinajstić information content (AvgIpc) is 3.22. The minimum absolute atomic E-state index is 0.858. The molecular weight excluding hydrogens is 372 g/mol. The Bertz CT molecular complexity index is 993. The summed E-state index contributed by atoms with van der Waals surface area (Å²) < 4.78 is 8.70. The fourth-order valence-electron chi connectivity index (χ4n) is 3.70. The summed E-state index contributed by atoms with van der Waals surface area (Å²) in [4.78, 5) is 0. The normalized spacial score (nSPS) is 12.0. The van der Waals surface area contributed by atoms with E-state index in [0.717, 1.165) is 11.4 Å². The van der Waals surface area contributed by atoms with Crippen LogP contribution in [0.3, 0.4) is 0 Å². The highest BCUT2D eigenvalue weighted by atomic mass is 28.4. The monoisotopic (exact) mass is 396 g/mol. The van der Waals surface area contributed by atoms with Crippen LogP contribution in [0.1, 0.15) is 12.6 Å². The fraction of sp³-hybridized carbons (Fsp3) is 0.0800. The van der Waals surface area contributed by atoms with E-state index in [-0.39, 0.29) is 0 Å². The molecule has 4 aromatic rings. The van der Waals surface area contributed by atoms with Crippen LogP contribution in [0, 0.1) is 0 Å². The molecular formula is C25H24N2OSi. The number of hydrogen-bond acceptors (Lipinski definition) is 2. The molecule has 1 aromatic heterocycles. The van der Waals surface area contributed by atoms with Gasteiger partial charge in [0.05, 0.1) is 11.4 Å². The zero-order valence-electron chi connectivity index (χ0n) is 16.7. The molecule has 0 saturated carbocycles. The van der Waals surface area contributed by atoms with Crippen molar-refractivity contribution >= 4 is 29.6 Å². The summed E-state index contributed by atoms with van der Waals surface area (Å²) in [5.41, 5.74) is 1.90. The minimum Gasteiger partial charge on any atom is -0.438 e. The van der Waals surface area contributed by atoms with Gasteiger partial charge in [-0.25, -0.2) is 0 Å². The van der Waals surface area contributed by atoms with Gasteiger partial charge in [0.1, 0.15) is 0 Å². The lowest BCUT2D eigenvalue weighted by atomic mass is 10.3. The van der Waals surface area contributed by atoms with Gasteiger partial charge in [-0.3, -0.25) is 0 Å². The van der Waals surface area contributed by atoms with Crippen molar-refractivity contribution in [2.45, 2.75) is 6.92 Å². The Morgan fingerprint density at radius 2 is 1.14 bits per heavy atom. The number of hydrogen-bond donors (Lipinski definition) is 0. The Morgan fingerprint density at radius 1 is 0.690 bits per heavy atom. The van der Waals surface area contributed by atoms with Gasteiger partial charge in [-0.05, 0) is 34.6 Å². The molecule has 3 nitrogen and oxygen atoms in total. The van der Waals surface area contributed by atoms with Crippen molar-refractivity contribution in [2.24, 2.45) is 12.2 Å². The summed E-state index contributed by atoms with van der Waals surface area (Å²) in [5.74, 6) is 0. The highest BCUT2D eigenvalue weighted by Crippen LogP contribution is 2.12. The molecule has 4 heteroatoms. The first-order chi connectivity index (χ1) is 14.2. The number of aryl methyl sites for hydroxylation is 1. The Labute approximate surface area is 173 Å². The molecule has 144 valence electrons. The van der Waals surface area contributed by atoms with Gasteiger partial charge in [0.2, 0.25) is 0 Å². The molecule has 0 unspecified atom stereocenters. The van der Waals surface area contributed by atoms with E-state index in [4.69, 9.17) is 4.53 Å². The highest BCUT2D eigenvalue weighted by molar-refractivity contribution is 7.07. The predicted molar refractivity (Wildman–Crippen MR) is 123 cm³/mol. The quantitative estimate of drug-likeness (QED) is 0.212. The third-order valence-corrected chi connectivity index (χ3v) is 8.98. The maximum atomic E-state index is 6.64. The number of nitrogens with zero attached hydrogens (tertiary/aromatic N) is 2. The van der Waals surface area contributed by atoms with Gasteiger partial charge in [-0.2, -0.15) is 0 Å². The summed E-state index contributed by atoms with van der Waals surface area (Å²) in [6.07, 6.45) is 2.02. The Kier molecular flexibility index (Phi) is 5.45. The van der Waals surface area contributed by atoms with E-state index in [2.05, 4.69) is 88.6 Å². The zero-order chi connectivity index (χ0) is 20.1. The van der Waals surface area contributed by atoms with Crippen molar-refractivity contribution < 1.29 is 4.53 Å². The topological polar surface area (TPSA) is 26.5 Å². The zero-order valence-corrected chi connectivity index (χ0v) is 17.7. The van der Waals surface area contributed by atoms with Crippen molar-refractivity contribution in [3.63, 3.8) is 0 Å². The lowest BCUT2D eigenvalue weighted by molar-refractivity contribution is 0.348. The van der Waals surface area contributed by atoms with Gasteiger partial charge in [-0.1, -0.05) is 91.0 Å². The number of oxime groups is 1. The van der Waals surface area contributed by atoms with Gasteiger partial charge in [0.25, 0.3) is 0 Å². The molecule has 0 N–H and O–H groups in total. The van der Waals surface area contributed by atoms with Crippen molar-refractivity contribution in [2.75, 3.05) is 0 Å². The molecule has 0 aliphatic carbocycles. The minimum atomic E-state index is -2.81. The van der Waals surface area contributed by atoms with Crippen LogP contribution in [-0.4, -0.2) is 18.6 Å². The van der Waals surface area contributed by atoms with Crippen LogP contribution < -0.4 is 15.6 Å². The average molecular weight is 397 g/mol. The molecule has 0 spiro atoms. The molecule has 1 heterocycles. The van der Waals surface area contributed by atoms with E-state index in [1.807, 2.05) is 44.4 Å². The summed E-state index contributed by atoms with van der Waals surface area (Å²) in [5, 5.41) is 8.19. The van der Waals surface area contributed by atoms with Crippen LogP contribution in [0.4, 0.5) is 0 Å². The van der Waals surface area contributed by atoms with E-state index in [1.165, 1.54) is 15.6 Å². The number of rotatable bonds is 6. The maximum Gasteiger partial charge on any atom is 0.380 e. The summed E-state index contributed by atoms with van der Waals surface area (Å²) in [6.45, 7) is 2.00. The summed E-state index contributed by atoms with van der Waals surface area (Å²) in [7, 11) is -0.795. The molecule has 0 aliphatic rings. The van der Waals surface area contributed by atoms with Crippen LogP contribution >= 0.6 is 0 Å². The van der Waals surface area contributed by atoms with Crippen molar-refractivity contribution in [1.82, 2.24) is 4.57 Å². The molecule has 3 aromatic carbocycles. The van der Waals surface area contributed by atoms with Crippen LogP contribution in [-0.2, 0) is 11.6 Å². The van der Waals surface area contributed by atoms with Gasteiger partial charge in [-0.15, -0.1) is 5.16 Å². The smallest absolute Gasteiger partial charge is 0.380 e. The first-order valence-electron chi connectivity index (χ1n) is 9.73. The van der Waals surface area contributed by atoms with E-state index in [1.54, 1.807) is 0 Å². The first kappa shape index (κ1) is 19.0. The molecule has 0 radical (unpaired) electrons. The summed E-state index contributed by atoms with van der Waals surface area (Å²) >= 11 is 0. The van der Waals surface area contributed by atoms with Crippen LogP contribution in [0.2, 0.25) is 0 Å². The maximum absolute atomic E-state index is 6.64. The fourth-order valence-corrected chi connectivity index (χ4v) is 7.27. The molecule has 29 heavy (non-hydrogen) atoms. The van der Waals surface area contributed by atoms with E-state index < -0.39 is 8.32 Å². The molecule has 0 fully saturated rings. The molecule has 0 aliphatic heterocycles. The van der Waals surface area contributed by atoms with Gasteiger partial charge >= 0.3 is 8.32 Å². The Hall–Kier alpha value is -3.37. The lowest BCUT2D eigenvalue weighted by Crippen LogP contribution is -2.68. The van der Waals surface area contributed by atoms with Crippen molar-refractivity contribution in [3.8, 4) is 0 Å². The third-order valence-electron chi connectivity index (χ3n) is 5.17. The molecule has 0 amide bonds. The highest BCUT2D eigenvalue weighted by Gasteiger charge is 2.44. The van der Waals surface area contributed by atoms with E-state index in [0.29, 0.717) is 0 Å². The van der Waals surface area contributed by atoms with E-state index >= 15 is 0 Å².